The smallest absolute Gasteiger partial charge is 0.412 e. The Hall–Kier alpha value is -1.30. The Balaban J connectivity index is 2.27. The van der Waals surface area contributed by atoms with Gasteiger partial charge in [-0.25, -0.2) is 9.59 Å². The normalized spacial score (nSPS) is 28.4. The molecular formula is C15H25NO5. The lowest BCUT2D eigenvalue weighted by Gasteiger charge is -2.35. The summed E-state index contributed by atoms with van der Waals surface area (Å²) in [5.74, 6) is -0.172. The van der Waals surface area contributed by atoms with Crippen LogP contribution in [0.3, 0.4) is 0 Å². The Labute approximate surface area is 125 Å². The summed E-state index contributed by atoms with van der Waals surface area (Å²) < 4.78 is 16.1. The summed E-state index contributed by atoms with van der Waals surface area (Å²) in [4.78, 5) is 26.1. The summed E-state index contributed by atoms with van der Waals surface area (Å²) in [6.45, 7) is 9.00. The van der Waals surface area contributed by atoms with Crippen LogP contribution in [0.25, 0.3) is 0 Å². The SMILES string of the molecule is COC(=O)[C@H]1OC(C)(C)N(C(=O)OC(C)(C)C)[C@H]1C1CC1. The summed E-state index contributed by atoms with van der Waals surface area (Å²) in [5, 5.41) is 0. The highest BCUT2D eigenvalue weighted by molar-refractivity contribution is 5.79. The lowest BCUT2D eigenvalue weighted by molar-refractivity contribution is -0.158. The van der Waals surface area contributed by atoms with Crippen molar-refractivity contribution in [1.29, 1.82) is 0 Å². The third-order valence-corrected chi connectivity index (χ3v) is 3.73. The van der Waals surface area contributed by atoms with Crippen LogP contribution >= 0.6 is 0 Å². The first-order valence-corrected chi connectivity index (χ1v) is 7.35. The highest BCUT2D eigenvalue weighted by Gasteiger charge is 2.58. The molecule has 6 nitrogen and oxygen atoms in total. The Morgan fingerprint density at radius 2 is 1.81 bits per heavy atom. The van der Waals surface area contributed by atoms with Crippen molar-refractivity contribution in [3.05, 3.63) is 0 Å². The predicted molar refractivity (Wildman–Crippen MR) is 75.6 cm³/mol. The molecule has 0 radical (unpaired) electrons. The molecule has 0 aromatic carbocycles. The fourth-order valence-electron chi connectivity index (χ4n) is 2.78. The van der Waals surface area contributed by atoms with Crippen molar-refractivity contribution < 1.29 is 23.8 Å². The zero-order chi connectivity index (χ0) is 16.0. The summed E-state index contributed by atoms with van der Waals surface area (Å²) >= 11 is 0. The van der Waals surface area contributed by atoms with Crippen LogP contribution in [-0.4, -0.2) is 47.5 Å². The third-order valence-electron chi connectivity index (χ3n) is 3.73. The average Bonchev–Trinajstić information content (AvgIpc) is 3.10. The molecule has 2 aliphatic rings. The van der Waals surface area contributed by atoms with Gasteiger partial charge in [-0.15, -0.1) is 0 Å². The number of hydrogen-bond acceptors (Lipinski definition) is 5. The molecule has 1 amide bonds. The lowest BCUT2D eigenvalue weighted by atomic mass is 10.0. The van der Waals surface area contributed by atoms with Crippen LogP contribution in [0.4, 0.5) is 4.79 Å². The summed E-state index contributed by atoms with van der Waals surface area (Å²) in [7, 11) is 1.33. The fourth-order valence-corrected chi connectivity index (χ4v) is 2.78. The second kappa shape index (κ2) is 5.16. The molecule has 1 aliphatic heterocycles. The van der Waals surface area contributed by atoms with Gasteiger partial charge in [0.25, 0.3) is 0 Å². The van der Waals surface area contributed by atoms with Crippen LogP contribution in [0, 0.1) is 5.92 Å². The topological polar surface area (TPSA) is 65.1 Å². The van der Waals surface area contributed by atoms with Gasteiger partial charge in [0.05, 0.1) is 13.2 Å². The van der Waals surface area contributed by atoms with E-state index < -0.39 is 29.5 Å². The molecule has 21 heavy (non-hydrogen) atoms. The quantitative estimate of drug-likeness (QED) is 0.732. The number of methoxy groups -OCH3 is 1. The van der Waals surface area contributed by atoms with E-state index in [1.807, 2.05) is 20.8 Å². The first-order valence-electron chi connectivity index (χ1n) is 7.35. The summed E-state index contributed by atoms with van der Waals surface area (Å²) in [6, 6.07) is -0.317. The van der Waals surface area contributed by atoms with Gasteiger partial charge in [-0.1, -0.05) is 0 Å². The first-order chi connectivity index (χ1) is 9.57. The maximum atomic E-state index is 12.5. The van der Waals surface area contributed by atoms with Gasteiger partial charge in [-0.2, -0.15) is 0 Å². The fraction of sp³-hybridized carbons (Fsp3) is 0.867. The maximum Gasteiger partial charge on any atom is 0.412 e. The van der Waals surface area contributed by atoms with Crippen molar-refractivity contribution >= 4 is 12.1 Å². The van der Waals surface area contributed by atoms with Gasteiger partial charge >= 0.3 is 12.1 Å². The molecular weight excluding hydrogens is 274 g/mol. The van der Waals surface area contributed by atoms with E-state index in [1.54, 1.807) is 18.7 Å². The highest BCUT2D eigenvalue weighted by Crippen LogP contribution is 2.45. The molecule has 0 unspecified atom stereocenters. The summed E-state index contributed by atoms with van der Waals surface area (Å²) in [5.41, 5.74) is -1.49. The maximum absolute atomic E-state index is 12.5. The molecule has 2 fully saturated rings. The van der Waals surface area contributed by atoms with Crippen molar-refractivity contribution in [1.82, 2.24) is 4.90 Å². The second-order valence-electron chi connectivity index (χ2n) is 7.19. The van der Waals surface area contributed by atoms with Gasteiger partial charge in [0, 0.05) is 0 Å². The number of hydrogen-bond donors (Lipinski definition) is 0. The van der Waals surface area contributed by atoms with E-state index in [0.29, 0.717) is 0 Å². The van der Waals surface area contributed by atoms with Gasteiger partial charge in [0.2, 0.25) is 0 Å². The standard InChI is InChI=1S/C15H25NO5/c1-14(2,3)21-13(18)16-10(9-7-8-9)11(12(17)19-6)20-15(16,4)5/h9-11H,7-8H2,1-6H3/t10-,11-/m0/s1. The minimum atomic E-state index is -0.894. The molecule has 1 aliphatic carbocycles. The van der Waals surface area contributed by atoms with E-state index in [-0.39, 0.29) is 12.0 Å². The minimum Gasteiger partial charge on any atom is -0.467 e. The molecule has 0 N–H and O–H groups in total. The Morgan fingerprint density at radius 1 is 1.24 bits per heavy atom. The number of esters is 1. The zero-order valence-corrected chi connectivity index (χ0v) is 13.6. The Bertz CT molecular complexity index is 436. The van der Waals surface area contributed by atoms with E-state index in [9.17, 15) is 9.59 Å². The van der Waals surface area contributed by atoms with Crippen LogP contribution in [0.2, 0.25) is 0 Å². The zero-order valence-electron chi connectivity index (χ0n) is 13.6. The van der Waals surface area contributed by atoms with Crippen LogP contribution in [0.5, 0.6) is 0 Å². The molecule has 0 bridgehead atoms. The predicted octanol–water partition coefficient (Wildman–Crippen LogP) is 2.31. The minimum absolute atomic E-state index is 0.267. The van der Waals surface area contributed by atoms with Crippen molar-refractivity contribution in [3.8, 4) is 0 Å². The van der Waals surface area contributed by atoms with E-state index in [1.165, 1.54) is 7.11 Å². The second-order valence-corrected chi connectivity index (χ2v) is 7.19. The molecule has 1 saturated carbocycles. The molecule has 2 atom stereocenters. The molecule has 2 rings (SSSR count). The van der Waals surface area contributed by atoms with Crippen molar-refractivity contribution in [3.63, 3.8) is 0 Å². The number of carbonyl (C=O) groups is 2. The van der Waals surface area contributed by atoms with Gasteiger partial charge in [0.15, 0.2) is 6.10 Å². The lowest BCUT2D eigenvalue weighted by Crippen LogP contribution is -2.51. The molecule has 1 heterocycles. The molecule has 0 spiro atoms. The molecule has 1 saturated heterocycles. The number of nitrogens with zero attached hydrogens (tertiary/aromatic N) is 1. The number of ether oxygens (including phenoxy) is 3. The van der Waals surface area contributed by atoms with Crippen LogP contribution in [0.15, 0.2) is 0 Å². The monoisotopic (exact) mass is 299 g/mol. The van der Waals surface area contributed by atoms with E-state index in [0.717, 1.165) is 12.8 Å². The largest absolute Gasteiger partial charge is 0.467 e. The molecule has 0 aromatic heterocycles. The molecule has 0 aromatic rings. The first kappa shape index (κ1) is 16.1. The average molecular weight is 299 g/mol. The van der Waals surface area contributed by atoms with Crippen LogP contribution in [0.1, 0.15) is 47.5 Å². The van der Waals surface area contributed by atoms with Gasteiger partial charge in [-0.3, -0.25) is 4.90 Å². The highest BCUT2D eigenvalue weighted by atomic mass is 16.6. The van der Waals surface area contributed by atoms with Crippen LogP contribution in [-0.2, 0) is 19.0 Å². The molecule has 120 valence electrons. The van der Waals surface area contributed by atoms with Crippen molar-refractivity contribution in [2.24, 2.45) is 5.92 Å². The Kier molecular flexibility index (Phi) is 3.95. The summed E-state index contributed by atoms with van der Waals surface area (Å²) in [6.07, 6.45) is 0.772. The third kappa shape index (κ3) is 3.31. The van der Waals surface area contributed by atoms with E-state index >= 15 is 0 Å². The van der Waals surface area contributed by atoms with Crippen molar-refractivity contribution in [2.75, 3.05) is 7.11 Å². The molecule has 6 heteroatoms. The van der Waals surface area contributed by atoms with Gasteiger partial charge < -0.3 is 14.2 Å². The number of rotatable bonds is 2. The van der Waals surface area contributed by atoms with Gasteiger partial charge in [-0.05, 0) is 53.4 Å². The number of carbonyl (C=O) groups excluding carboxylic acids is 2. The van der Waals surface area contributed by atoms with Crippen LogP contribution < -0.4 is 0 Å². The van der Waals surface area contributed by atoms with E-state index in [2.05, 4.69) is 0 Å². The number of amides is 1. The Morgan fingerprint density at radius 3 is 2.24 bits per heavy atom. The van der Waals surface area contributed by atoms with E-state index in [4.69, 9.17) is 14.2 Å². The van der Waals surface area contributed by atoms with Crippen molar-refractivity contribution in [2.45, 2.75) is 70.9 Å². The van der Waals surface area contributed by atoms with Gasteiger partial charge in [0.1, 0.15) is 11.3 Å².